The van der Waals surface area contributed by atoms with Crippen molar-refractivity contribution in [2.75, 3.05) is 5.73 Å². The molecule has 0 amide bonds. The maximum absolute atomic E-state index is 5.82. The molecule has 0 aliphatic carbocycles. The van der Waals surface area contributed by atoms with Crippen LogP contribution in [-0.4, -0.2) is 7.48 Å². The van der Waals surface area contributed by atoms with E-state index < -0.39 is 0 Å². The number of hydrogen-bond acceptors (Lipinski definition) is 2. The van der Waals surface area contributed by atoms with E-state index >= 15 is 0 Å². The Kier molecular flexibility index (Phi) is 4.22. The summed E-state index contributed by atoms with van der Waals surface area (Å²) in [6, 6.07) is 18.0. The van der Waals surface area contributed by atoms with Crippen molar-refractivity contribution < 1.29 is 4.65 Å². The van der Waals surface area contributed by atoms with E-state index in [9.17, 15) is 0 Å². The second-order valence-corrected chi connectivity index (χ2v) is 3.87. The van der Waals surface area contributed by atoms with Crippen molar-refractivity contribution in [3.63, 3.8) is 0 Å². The van der Waals surface area contributed by atoms with Gasteiger partial charge in [-0.1, -0.05) is 54.1 Å². The van der Waals surface area contributed by atoms with E-state index in [4.69, 9.17) is 10.4 Å². The van der Waals surface area contributed by atoms with Crippen LogP contribution in [0.3, 0.4) is 0 Å². The molecule has 2 rings (SSSR count). The van der Waals surface area contributed by atoms with Crippen LogP contribution in [0.2, 0.25) is 0 Å². The first-order valence-corrected chi connectivity index (χ1v) is 5.67. The Bertz CT molecular complexity index is 459. The molecule has 0 fully saturated rings. The first-order valence-electron chi connectivity index (χ1n) is 5.67. The van der Waals surface area contributed by atoms with Crippen LogP contribution >= 0.6 is 0 Å². The second kappa shape index (κ2) is 6.11. The maximum atomic E-state index is 5.82. The number of rotatable bonds is 5. The normalized spacial score (nSPS) is 10.1. The Balaban J connectivity index is 1.76. The third-order valence-electron chi connectivity index (χ3n) is 2.57. The van der Waals surface area contributed by atoms with Crippen LogP contribution in [0.15, 0.2) is 54.6 Å². The average Bonchev–Trinajstić information content (AvgIpc) is 2.38. The molecule has 17 heavy (non-hydrogen) atoms. The molecule has 2 aromatic rings. The minimum Gasteiger partial charge on any atom is -0.436 e. The maximum Gasteiger partial charge on any atom is 0.297 e. The molecule has 2 aromatic carbocycles. The smallest absolute Gasteiger partial charge is 0.297 e. The fraction of sp³-hybridized carbons (Fsp3) is 0.143. The molecule has 0 aromatic heterocycles. The molecule has 0 bridgehead atoms. The minimum absolute atomic E-state index is 0.527. The molecule has 0 atom stereocenters. The predicted molar refractivity (Wildman–Crippen MR) is 71.5 cm³/mol. The summed E-state index contributed by atoms with van der Waals surface area (Å²) in [5, 5.41) is 0. The van der Waals surface area contributed by atoms with Gasteiger partial charge in [0.1, 0.15) is 0 Å². The highest BCUT2D eigenvalue weighted by molar-refractivity contribution is 6.26. The van der Waals surface area contributed by atoms with Gasteiger partial charge < -0.3 is 10.4 Å². The summed E-state index contributed by atoms with van der Waals surface area (Å²) in [5.41, 5.74) is 8.87. The van der Waals surface area contributed by atoms with Crippen molar-refractivity contribution in [1.82, 2.24) is 0 Å². The molecular weight excluding hydrogens is 209 g/mol. The van der Waals surface area contributed by atoms with Crippen LogP contribution in [-0.2, 0) is 17.6 Å². The van der Waals surface area contributed by atoms with Crippen LogP contribution in [0, 0.1) is 0 Å². The Morgan fingerprint density at radius 1 is 0.941 bits per heavy atom. The molecule has 0 spiro atoms. The molecular formula is C14H15BNO. The number of nitrogens with two attached hydrogens (primary N) is 1. The number of nitrogen functional groups attached to an aromatic ring is 1. The zero-order chi connectivity index (χ0) is 11.9. The van der Waals surface area contributed by atoms with Crippen LogP contribution in [0.25, 0.3) is 0 Å². The van der Waals surface area contributed by atoms with E-state index in [1.54, 1.807) is 0 Å². The number of benzene rings is 2. The molecule has 1 radical (unpaired) electrons. The summed E-state index contributed by atoms with van der Waals surface area (Å²) in [5.74, 6) is 0. The van der Waals surface area contributed by atoms with Gasteiger partial charge in [-0.2, -0.15) is 0 Å². The standard InChI is InChI=1S/C14H15BNO/c16-14-9-5-4-8-13(14)11-17-15-10-12-6-2-1-3-7-12/h1-9H,10-11,16H2. The largest absolute Gasteiger partial charge is 0.436 e. The lowest BCUT2D eigenvalue weighted by atomic mass is 9.89. The Hall–Kier alpha value is -1.74. The van der Waals surface area contributed by atoms with Gasteiger partial charge >= 0.3 is 0 Å². The summed E-state index contributed by atoms with van der Waals surface area (Å²) in [6.45, 7) is 0.527. The Morgan fingerprint density at radius 2 is 1.65 bits per heavy atom. The first-order chi connectivity index (χ1) is 8.36. The fourth-order valence-electron chi connectivity index (χ4n) is 1.58. The molecule has 0 heterocycles. The highest BCUT2D eigenvalue weighted by Crippen LogP contribution is 2.11. The summed E-state index contributed by atoms with van der Waals surface area (Å²) >= 11 is 0. The van der Waals surface area contributed by atoms with E-state index in [1.807, 2.05) is 49.9 Å². The van der Waals surface area contributed by atoms with Gasteiger partial charge in [-0.3, -0.25) is 0 Å². The van der Waals surface area contributed by atoms with Crippen molar-refractivity contribution in [1.29, 1.82) is 0 Å². The summed E-state index contributed by atoms with van der Waals surface area (Å²) in [7, 11) is 1.82. The molecule has 0 unspecified atom stereocenters. The highest BCUT2D eigenvalue weighted by atomic mass is 16.4. The summed E-state index contributed by atoms with van der Waals surface area (Å²) < 4.78 is 5.50. The monoisotopic (exact) mass is 224 g/mol. The van der Waals surface area contributed by atoms with Crippen molar-refractivity contribution in [2.45, 2.75) is 12.9 Å². The van der Waals surface area contributed by atoms with Crippen LogP contribution in [0.5, 0.6) is 0 Å². The number of anilines is 1. The van der Waals surface area contributed by atoms with Gasteiger partial charge in [-0.05, 0) is 17.9 Å². The third-order valence-corrected chi connectivity index (χ3v) is 2.57. The molecule has 0 saturated heterocycles. The minimum atomic E-state index is 0.527. The van der Waals surface area contributed by atoms with E-state index in [0.29, 0.717) is 6.61 Å². The van der Waals surface area contributed by atoms with Crippen LogP contribution < -0.4 is 5.73 Å². The molecule has 85 valence electrons. The first kappa shape index (κ1) is 11.7. The van der Waals surface area contributed by atoms with Gasteiger partial charge in [0.25, 0.3) is 7.48 Å². The van der Waals surface area contributed by atoms with Gasteiger partial charge in [0.15, 0.2) is 0 Å². The molecule has 3 heteroatoms. The summed E-state index contributed by atoms with van der Waals surface area (Å²) in [6.07, 6.45) is 0.813. The zero-order valence-electron chi connectivity index (χ0n) is 9.67. The molecule has 0 aliphatic heterocycles. The van der Waals surface area contributed by atoms with Gasteiger partial charge in [0, 0.05) is 5.69 Å². The van der Waals surface area contributed by atoms with Crippen molar-refractivity contribution in [2.24, 2.45) is 0 Å². The van der Waals surface area contributed by atoms with Gasteiger partial charge in [0.05, 0.1) is 6.61 Å². The van der Waals surface area contributed by atoms with E-state index in [2.05, 4.69) is 12.1 Å². The van der Waals surface area contributed by atoms with Gasteiger partial charge in [-0.15, -0.1) is 0 Å². The molecule has 2 N–H and O–H groups in total. The number of hydrogen-bond donors (Lipinski definition) is 1. The third kappa shape index (κ3) is 3.64. The molecule has 2 nitrogen and oxygen atoms in total. The van der Waals surface area contributed by atoms with E-state index in [-0.39, 0.29) is 0 Å². The Labute approximate surface area is 103 Å². The van der Waals surface area contributed by atoms with Crippen LogP contribution in [0.4, 0.5) is 5.69 Å². The van der Waals surface area contributed by atoms with Gasteiger partial charge in [-0.25, -0.2) is 0 Å². The van der Waals surface area contributed by atoms with E-state index in [1.165, 1.54) is 5.56 Å². The number of para-hydroxylation sites is 1. The SMILES string of the molecule is Nc1ccccc1CO[B]Cc1ccccc1. The fourth-order valence-corrected chi connectivity index (χ4v) is 1.58. The quantitative estimate of drug-likeness (QED) is 0.481. The zero-order valence-corrected chi connectivity index (χ0v) is 9.67. The lowest BCUT2D eigenvalue weighted by Gasteiger charge is -2.06. The Morgan fingerprint density at radius 3 is 2.41 bits per heavy atom. The predicted octanol–water partition coefficient (Wildman–Crippen LogP) is 2.60. The van der Waals surface area contributed by atoms with Gasteiger partial charge in [0.2, 0.25) is 0 Å². The lowest BCUT2D eigenvalue weighted by Crippen LogP contribution is -2.04. The van der Waals surface area contributed by atoms with Crippen LogP contribution in [0.1, 0.15) is 11.1 Å². The molecule has 0 aliphatic rings. The van der Waals surface area contributed by atoms with E-state index in [0.717, 1.165) is 17.6 Å². The second-order valence-electron chi connectivity index (χ2n) is 3.87. The average molecular weight is 224 g/mol. The van der Waals surface area contributed by atoms with Crippen molar-refractivity contribution >= 4 is 13.2 Å². The van der Waals surface area contributed by atoms with Crippen molar-refractivity contribution in [3.8, 4) is 0 Å². The lowest BCUT2D eigenvalue weighted by molar-refractivity contribution is 0.324. The molecule has 0 saturated carbocycles. The summed E-state index contributed by atoms with van der Waals surface area (Å²) in [4.78, 5) is 0. The highest BCUT2D eigenvalue weighted by Gasteiger charge is 1.99. The topological polar surface area (TPSA) is 35.2 Å². The van der Waals surface area contributed by atoms with Crippen molar-refractivity contribution in [3.05, 3.63) is 65.7 Å².